The van der Waals surface area contributed by atoms with E-state index in [1.165, 1.54) is 13.1 Å². The van der Waals surface area contributed by atoms with E-state index < -0.39 is 0 Å². The van der Waals surface area contributed by atoms with E-state index in [2.05, 4.69) is 20.4 Å². The van der Waals surface area contributed by atoms with Crippen LogP contribution in [0.5, 0.6) is 0 Å². The van der Waals surface area contributed by atoms with Crippen LogP contribution in [0.3, 0.4) is 0 Å². The first kappa shape index (κ1) is 13.6. The first-order chi connectivity index (χ1) is 6.41. The zero-order valence-corrected chi connectivity index (χ0v) is 8.19. The van der Waals surface area contributed by atoms with Crippen LogP contribution >= 0.6 is 0 Å². The zero-order valence-electron chi connectivity index (χ0n) is 8.19. The van der Waals surface area contributed by atoms with Crippen LogP contribution in [-0.4, -0.2) is 67.7 Å². The van der Waals surface area contributed by atoms with Crippen LogP contribution in [-0.2, 0) is 0 Å². The fraction of sp³-hybridized carbons (Fsp3) is 1.00. The van der Waals surface area contributed by atoms with Gasteiger partial charge in [0, 0.05) is 0 Å². The Kier molecular flexibility index (Phi) is 13.3. The average Bonchev–Trinajstić information content (AvgIpc) is 2.16. The first-order valence-electron chi connectivity index (χ1n) is 4.62. The molecule has 0 aliphatic heterocycles. The minimum atomic E-state index is 1.15. The van der Waals surface area contributed by atoms with Crippen LogP contribution in [0.2, 0.25) is 6.32 Å². The number of hydrogen-bond donors (Lipinski definition) is 0. The van der Waals surface area contributed by atoms with E-state index in [9.17, 15) is 0 Å². The molecule has 1 radical (unpaired) electrons. The fourth-order valence-corrected chi connectivity index (χ4v) is 0.726. The van der Waals surface area contributed by atoms with Crippen LogP contribution in [0.1, 0.15) is 13.3 Å². The summed E-state index contributed by atoms with van der Waals surface area (Å²) in [6.07, 6.45) is 2.35. The summed E-state index contributed by atoms with van der Waals surface area (Å²) >= 11 is 0. The summed E-state index contributed by atoms with van der Waals surface area (Å²) in [5, 5.41) is 0. The molecule has 0 aliphatic rings. The van der Waals surface area contributed by atoms with Gasteiger partial charge in [-0.3, -0.25) is 0 Å². The molecule has 0 bridgehead atoms. The van der Waals surface area contributed by atoms with Crippen molar-refractivity contribution in [2.24, 2.45) is 0 Å². The summed E-state index contributed by atoms with van der Waals surface area (Å²) in [5.41, 5.74) is 0. The third-order valence-electron chi connectivity index (χ3n) is 1.37. The van der Waals surface area contributed by atoms with Crippen LogP contribution in [0.15, 0.2) is 0 Å². The van der Waals surface area contributed by atoms with Crippen molar-refractivity contribution < 1.29 is 0 Å². The average molecular weight is 151 g/mol. The van der Waals surface area contributed by atoms with Crippen molar-refractivity contribution in [1.29, 1.82) is 0 Å². The van der Waals surface area contributed by atoms with Gasteiger partial charge < -0.3 is 0 Å². The van der Waals surface area contributed by atoms with Crippen molar-refractivity contribution >= 4 is 67.7 Å². The Morgan fingerprint density at radius 2 is 1.38 bits per heavy atom. The van der Waals surface area contributed by atoms with E-state index in [-0.39, 0.29) is 0 Å². The molecule has 0 unspecified atom stereocenters. The Balaban J connectivity index is 3.56. The minimum absolute atomic E-state index is 1.15. The van der Waals surface area contributed by atoms with Gasteiger partial charge in [-0.1, -0.05) is 0 Å². The van der Waals surface area contributed by atoms with Gasteiger partial charge in [0.15, 0.2) is 0 Å². The molecule has 0 atom stereocenters. The number of rotatable bonds is 6. The third-order valence-corrected chi connectivity index (χ3v) is 1.37. The molecule has 0 fully saturated rings. The maximum absolute atomic E-state index is 5.15. The fourth-order valence-electron chi connectivity index (χ4n) is 0.726. The third kappa shape index (κ3) is 12.6. The standard InChI is InChI=1S/C3H7B10/c1-2-3-5-7-9-11-13-12-10-8-6-4/h2-3H2,1H3. The molecule has 0 spiro atoms. The molecule has 0 saturated carbocycles. The van der Waals surface area contributed by atoms with E-state index >= 15 is 0 Å². The molecule has 0 nitrogen and oxygen atoms in total. The molecule has 0 aromatic rings. The molecule has 0 heterocycles. The molecular formula is C3H7B10. The molecule has 0 N–H and O–H groups in total. The topological polar surface area (TPSA) is 0 Å². The molecular weight excluding hydrogens is 144 g/mol. The Morgan fingerprint density at radius 3 is 1.92 bits per heavy atom. The van der Waals surface area contributed by atoms with Crippen LogP contribution in [0.4, 0.5) is 0 Å². The molecule has 0 rings (SSSR count). The van der Waals surface area contributed by atoms with Crippen LogP contribution in [0.25, 0.3) is 0 Å². The van der Waals surface area contributed by atoms with Crippen LogP contribution < -0.4 is 0 Å². The monoisotopic (exact) mass is 153 g/mol. The molecule has 0 aromatic heterocycles. The van der Waals surface area contributed by atoms with E-state index in [0.717, 1.165) is 6.32 Å². The van der Waals surface area contributed by atoms with E-state index in [1.807, 2.05) is 33.5 Å². The Morgan fingerprint density at radius 1 is 0.846 bits per heavy atom. The van der Waals surface area contributed by atoms with Gasteiger partial charge in [-0.05, 0) is 0 Å². The van der Waals surface area contributed by atoms with Gasteiger partial charge >= 0.3 is 87.4 Å². The van der Waals surface area contributed by atoms with Gasteiger partial charge in [0.05, 0.1) is 0 Å². The summed E-state index contributed by atoms with van der Waals surface area (Å²) < 4.78 is 0. The van der Waals surface area contributed by atoms with Crippen molar-refractivity contribution in [3.8, 4) is 0 Å². The molecule has 0 saturated heterocycles. The Labute approximate surface area is 87.7 Å². The molecule has 49 valence electrons. The predicted octanol–water partition coefficient (Wildman–Crippen LogP) is -2.44. The van der Waals surface area contributed by atoms with Gasteiger partial charge in [0.2, 0.25) is 0 Å². The molecule has 10 heteroatoms. The van der Waals surface area contributed by atoms with Crippen molar-refractivity contribution in [3.63, 3.8) is 0 Å². The first-order valence-corrected chi connectivity index (χ1v) is 4.62. The Hall–Kier alpha value is 0.649. The van der Waals surface area contributed by atoms with Gasteiger partial charge in [-0.25, -0.2) is 0 Å². The summed E-state index contributed by atoms with van der Waals surface area (Å²) in [5.74, 6) is 0. The van der Waals surface area contributed by atoms with E-state index in [0.29, 0.717) is 0 Å². The van der Waals surface area contributed by atoms with Crippen molar-refractivity contribution in [2.45, 2.75) is 19.7 Å². The predicted molar refractivity (Wildman–Crippen MR) is 72.6 cm³/mol. The summed E-state index contributed by atoms with van der Waals surface area (Å²) in [6, 6.07) is 0. The van der Waals surface area contributed by atoms with E-state index in [1.54, 1.807) is 6.69 Å². The van der Waals surface area contributed by atoms with Gasteiger partial charge in [-0.2, -0.15) is 0 Å². The van der Waals surface area contributed by atoms with Crippen molar-refractivity contribution in [2.75, 3.05) is 0 Å². The second kappa shape index (κ2) is 12.6. The second-order valence-corrected chi connectivity index (χ2v) is 2.56. The molecule has 0 amide bonds. The van der Waals surface area contributed by atoms with Crippen LogP contribution in [0, 0.1) is 0 Å². The zero-order chi connectivity index (χ0) is 9.78. The van der Waals surface area contributed by atoms with E-state index in [4.69, 9.17) is 7.37 Å². The summed E-state index contributed by atoms with van der Waals surface area (Å²) in [4.78, 5) is 0. The van der Waals surface area contributed by atoms with Gasteiger partial charge in [0.25, 0.3) is 0 Å². The molecule has 13 heavy (non-hydrogen) atoms. The number of hydrogen-bond acceptors (Lipinski definition) is 0. The normalized spacial score (nSPS) is 7.38. The quantitative estimate of drug-likeness (QED) is 0.370. The van der Waals surface area contributed by atoms with Gasteiger partial charge in [-0.15, -0.1) is 0 Å². The molecule has 0 aromatic carbocycles. The second-order valence-electron chi connectivity index (χ2n) is 2.56. The van der Waals surface area contributed by atoms with Crippen molar-refractivity contribution in [1.82, 2.24) is 0 Å². The summed E-state index contributed by atoms with van der Waals surface area (Å²) in [7, 11) is 5.15. The van der Waals surface area contributed by atoms with Crippen molar-refractivity contribution in [3.05, 3.63) is 0 Å². The SMILES string of the molecule is [B]=BB=BB=BB=BB=BCCC. The Bertz CT molecular complexity index is 224. The molecule has 0 aliphatic carbocycles. The van der Waals surface area contributed by atoms with Gasteiger partial charge in [0.1, 0.15) is 0 Å². The maximum atomic E-state index is 5.15. The summed E-state index contributed by atoms with van der Waals surface area (Å²) in [6.45, 7) is 19.5.